The van der Waals surface area contributed by atoms with Crippen molar-refractivity contribution in [3.05, 3.63) is 86.6 Å². The van der Waals surface area contributed by atoms with E-state index in [2.05, 4.69) is 4.98 Å². The number of aromatic amines is 1. The van der Waals surface area contributed by atoms with Crippen LogP contribution >= 0.6 is 0 Å². The van der Waals surface area contributed by atoms with Crippen molar-refractivity contribution in [3.63, 3.8) is 0 Å². The average Bonchev–Trinajstić information content (AvgIpc) is 2.78. The van der Waals surface area contributed by atoms with Crippen LogP contribution in [0.1, 0.15) is 35.7 Å². The third-order valence-corrected chi connectivity index (χ3v) is 5.26. The Morgan fingerprint density at radius 2 is 1.78 bits per heavy atom. The predicted octanol–water partition coefficient (Wildman–Crippen LogP) is 2.83. The Labute approximate surface area is 186 Å². The first-order chi connectivity index (χ1) is 15.3. The maximum Gasteiger partial charge on any atom is 0.330 e. The lowest BCUT2D eigenvalue weighted by Gasteiger charge is -2.25. The van der Waals surface area contributed by atoms with Crippen molar-refractivity contribution in [3.8, 4) is 0 Å². The minimum absolute atomic E-state index is 0.0137. The molecule has 0 unspecified atom stereocenters. The fraction of sp³-hybridized carbons (Fsp3) is 0.292. The molecule has 2 aromatic carbocycles. The molecule has 0 fully saturated rings. The van der Waals surface area contributed by atoms with Gasteiger partial charge in [0, 0.05) is 31.9 Å². The van der Waals surface area contributed by atoms with Gasteiger partial charge in [-0.2, -0.15) is 0 Å². The smallest absolute Gasteiger partial charge is 0.330 e. The molecule has 0 spiro atoms. The van der Waals surface area contributed by atoms with Gasteiger partial charge in [-0.3, -0.25) is 24.0 Å². The summed E-state index contributed by atoms with van der Waals surface area (Å²) in [6.45, 7) is 2.48. The third-order valence-electron chi connectivity index (χ3n) is 5.26. The molecule has 168 valence electrons. The van der Waals surface area contributed by atoms with Gasteiger partial charge in [0.2, 0.25) is 0 Å². The van der Waals surface area contributed by atoms with Crippen LogP contribution in [0, 0.1) is 0 Å². The van der Waals surface area contributed by atoms with E-state index in [0.717, 1.165) is 17.7 Å². The van der Waals surface area contributed by atoms with E-state index in [1.807, 2.05) is 62.3 Å². The molecule has 8 heteroatoms. The number of anilines is 3. The summed E-state index contributed by atoms with van der Waals surface area (Å²) < 4.78 is 1.32. The molecule has 3 rings (SSSR count). The van der Waals surface area contributed by atoms with E-state index in [1.165, 1.54) is 9.47 Å². The van der Waals surface area contributed by atoms with Gasteiger partial charge in [-0.05, 0) is 30.2 Å². The Morgan fingerprint density at radius 1 is 1.06 bits per heavy atom. The summed E-state index contributed by atoms with van der Waals surface area (Å²) in [5.41, 5.74) is 7.12. The normalized spacial score (nSPS) is 10.7. The highest BCUT2D eigenvalue weighted by atomic mass is 16.2. The van der Waals surface area contributed by atoms with Crippen molar-refractivity contribution in [2.75, 3.05) is 29.6 Å². The van der Waals surface area contributed by atoms with Crippen molar-refractivity contribution in [1.29, 1.82) is 0 Å². The van der Waals surface area contributed by atoms with E-state index in [0.29, 0.717) is 18.5 Å². The van der Waals surface area contributed by atoms with Crippen LogP contribution in [0.4, 0.5) is 17.2 Å². The molecule has 0 aliphatic heterocycles. The highest BCUT2D eigenvalue weighted by Gasteiger charge is 2.26. The van der Waals surface area contributed by atoms with Crippen molar-refractivity contribution in [2.45, 2.75) is 32.9 Å². The zero-order valence-corrected chi connectivity index (χ0v) is 18.7. The molecule has 32 heavy (non-hydrogen) atoms. The van der Waals surface area contributed by atoms with Gasteiger partial charge in [0.25, 0.3) is 11.5 Å². The summed E-state index contributed by atoms with van der Waals surface area (Å²) >= 11 is 0. The second-order valence-electron chi connectivity index (χ2n) is 7.82. The van der Waals surface area contributed by atoms with Crippen LogP contribution < -0.4 is 26.8 Å². The number of carbonyl (C=O) groups is 1. The van der Waals surface area contributed by atoms with E-state index >= 15 is 0 Å². The number of hydrogen-bond donors (Lipinski definition) is 2. The number of aromatic nitrogens is 2. The molecule has 3 N–H and O–H groups in total. The van der Waals surface area contributed by atoms with Gasteiger partial charge in [-0.15, -0.1) is 0 Å². The summed E-state index contributed by atoms with van der Waals surface area (Å²) in [5, 5.41) is 0. The van der Waals surface area contributed by atoms with E-state index in [9.17, 15) is 14.4 Å². The second kappa shape index (κ2) is 10.00. The molecule has 1 amide bonds. The summed E-state index contributed by atoms with van der Waals surface area (Å²) in [7, 11) is 3.77. The molecule has 0 aliphatic carbocycles. The maximum atomic E-state index is 13.7. The van der Waals surface area contributed by atoms with E-state index in [-0.39, 0.29) is 24.0 Å². The average molecular weight is 436 g/mol. The predicted molar refractivity (Wildman–Crippen MR) is 128 cm³/mol. The summed E-state index contributed by atoms with van der Waals surface area (Å²) in [6.07, 6.45) is 1.57. The highest BCUT2D eigenvalue weighted by Crippen LogP contribution is 2.24. The number of nitrogens with one attached hydrogen (secondary N) is 1. The molecular weight excluding hydrogens is 406 g/mol. The molecule has 0 atom stereocenters. The fourth-order valence-electron chi connectivity index (χ4n) is 3.47. The lowest BCUT2D eigenvalue weighted by Crippen LogP contribution is -2.41. The summed E-state index contributed by atoms with van der Waals surface area (Å²) in [4.78, 5) is 44.5. The van der Waals surface area contributed by atoms with Crippen LogP contribution in [-0.4, -0.2) is 29.6 Å². The van der Waals surface area contributed by atoms with Crippen LogP contribution in [0.15, 0.2) is 64.2 Å². The highest BCUT2D eigenvalue weighted by molar-refractivity contribution is 6.07. The van der Waals surface area contributed by atoms with Gasteiger partial charge < -0.3 is 10.6 Å². The molecule has 1 aromatic heterocycles. The minimum atomic E-state index is -0.687. The Kier molecular flexibility index (Phi) is 7.14. The maximum absolute atomic E-state index is 13.7. The van der Waals surface area contributed by atoms with Gasteiger partial charge in [0.1, 0.15) is 5.82 Å². The van der Waals surface area contributed by atoms with Crippen LogP contribution in [0.25, 0.3) is 0 Å². The molecule has 0 radical (unpaired) electrons. The number of H-pyrrole nitrogens is 1. The first-order valence-electron chi connectivity index (χ1n) is 10.6. The number of benzene rings is 2. The monoisotopic (exact) mass is 435 g/mol. The Bertz CT molecular complexity index is 1200. The molecule has 0 saturated heterocycles. The van der Waals surface area contributed by atoms with Gasteiger partial charge >= 0.3 is 5.69 Å². The molecule has 1 heterocycles. The summed E-state index contributed by atoms with van der Waals surface area (Å²) in [6, 6.07) is 16.5. The standard InChI is InChI=1S/C24H29N5O3/c1-4-5-14-28-21(25)20(22(30)26-24(28)32)29(16-17-10-7-6-8-11-17)23(31)18-12-9-13-19(15-18)27(2)3/h6-13,15H,4-5,14,16,25H2,1-3H3,(H,26,30,32). The van der Waals surface area contributed by atoms with E-state index < -0.39 is 11.2 Å². The first-order valence-corrected chi connectivity index (χ1v) is 10.6. The Hall–Kier alpha value is -3.81. The number of unbranched alkanes of at least 4 members (excludes halogenated alkanes) is 1. The topological polar surface area (TPSA) is 104 Å². The first kappa shape index (κ1) is 22.9. The molecule has 0 saturated carbocycles. The van der Waals surface area contributed by atoms with Crippen molar-refractivity contribution < 1.29 is 4.79 Å². The molecule has 8 nitrogen and oxygen atoms in total. The Balaban J connectivity index is 2.16. The zero-order chi connectivity index (χ0) is 23.3. The third kappa shape index (κ3) is 4.91. The number of hydrogen-bond acceptors (Lipinski definition) is 5. The number of rotatable bonds is 8. The molecule has 0 aliphatic rings. The molecule has 3 aromatic rings. The Morgan fingerprint density at radius 3 is 2.44 bits per heavy atom. The molecular formula is C24H29N5O3. The van der Waals surface area contributed by atoms with E-state index in [1.54, 1.807) is 18.2 Å². The van der Waals surface area contributed by atoms with Gasteiger partial charge in [-0.1, -0.05) is 49.7 Å². The van der Waals surface area contributed by atoms with Crippen molar-refractivity contribution in [1.82, 2.24) is 9.55 Å². The summed E-state index contributed by atoms with van der Waals surface area (Å²) in [5.74, 6) is -0.393. The van der Waals surface area contributed by atoms with Crippen molar-refractivity contribution in [2.24, 2.45) is 0 Å². The fourth-order valence-corrected chi connectivity index (χ4v) is 3.47. The van der Waals surface area contributed by atoms with Gasteiger partial charge in [0.05, 0.1) is 6.54 Å². The van der Waals surface area contributed by atoms with Gasteiger partial charge in [-0.25, -0.2) is 4.79 Å². The quantitative estimate of drug-likeness (QED) is 0.566. The lowest BCUT2D eigenvalue weighted by molar-refractivity contribution is 0.0984. The SMILES string of the molecule is CCCCn1c(N)c(N(Cc2ccccc2)C(=O)c2cccc(N(C)C)c2)c(=O)[nH]c1=O. The number of nitrogens with zero attached hydrogens (tertiary/aromatic N) is 3. The number of nitrogen functional groups attached to an aromatic ring is 1. The van der Waals surface area contributed by atoms with Crippen LogP contribution in [-0.2, 0) is 13.1 Å². The van der Waals surface area contributed by atoms with Crippen LogP contribution in [0.3, 0.4) is 0 Å². The van der Waals surface area contributed by atoms with Crippen molar-refractivity contribution >= 4 is 23.1 Å². The second-order valence-corrected chi connectivity index (χ2v) is 7.82. The zero-order valence-electron chi connectivity index (χ0n) is 18.7. The molecule has 0 bridgehead atoms. The van der Waals surface area contributed by atoms with Crippen LogP contribution in [0.2, 0.25) is 0 Å². The van der Waals surface area contributed by atoms with E-state index in [4.69, 9.17) is 5.73 Å². The number of nitrogens with two attached hydrogens (primary N) is 1. The lowest BCUT2D eigenvalue weighted by atomic mass is 10.1. The largest absolute Gasteiger partial charge is 0.383 e. The van der Waals surface area contributed by atoms with Crippen LogP contribution in [0.5, 0.6) is 0 Å². The number of amides is 1. The number of carbonyl (C=O) groups excluding carboxylic acids is 1. The minimum Gasteiger partial charge on any atom is -0.383 e. The van der Waals surface area contributed by atoms with Gasteiger partial charge in [0.15, 0.2) is 5.69 Å².